The van der Waals surface area contributed by atoms with Gasteiger partial charge in [0.1, 0.15) is 12.4 Å². The highest BCUT2D eigenvalue weighted by molar-refractivity contribution is 7.89. The van der Waals surface area contributed by atoms with Crippen LogP contribution >= 0.6 is 0 Å². The Bertz CT molecular complexity index is 1550. The molecular formula is C26H28N6O3S. The number of nitrogens with zero attached hydrogens (tertiary/aromatic N) is 2. The SMILES string of the molecule is CC(C)(C)NS(=O)(=O)c1ccc(-c2cccc(NC(=O)Cn3ncc4ccc(C(=N)N)cc43)c2)cc1. The highest BCUT2D eigenvalue weighted by atomic mass is 32.2. The Morgan fingerprint density at radius 1 is 1.03 bits per heavy atom. The molecule has 4 aromatic rings. The molecule has 0 saturated carbocycles. The lowest BCUT2D eigenvalue weighted by Gasteiger charge is -2.20. The number of carbonyl (C=O) groups excluding carboxylic acids is 1. The third kappa shape index (κ3) is 5.78. The fourth-order valence-corrected chi connectivity index (χ4v) is 5.18. The van der Waals surface area contributed by atoms with E-state index in [4.69, 9.17) is 11.1 Å². The number of nitrogens with two attached hydrogens (primary N) is 1. The van der Waals surface area contributed by atoms with Crippen LogP contribution < -0.4 is 15.8 Å². The van der Waals surface area contributed by atoms with Crippen LogP contribution in [0.3, 0.4) is 0 Å². The molecule has 0 fully saturated rings. The van der Waals surface area contributed by atoms with Gasteiger partial charge >= 0.3 is 0 Å². The standard InChI is InChI=1S/C26H28N6O3S/c1-26(2,3)31-36(34,35)22-11-9-17(10-12-22)18-5-4-6-21(13-18)30-24(33)16-32-23-14-19(25(27)28)7-8-20(23)15-29-32/h4-15,31H,16H2,1-3H3,(H3,27,28)(H,30,33). The Hall–Kier alpha value is -4.02. The van der Waals surface area contributed by atoms with Gasteiger partial charge in [0.15, 0.2) is 0 Å². The molecule has 0 aliphatic carbocycles. The number of amides is 1. The smallest absolute Gasteiger partial charge is 0.246 e. The van der Waals surface area contributed by atoms with E-state index in [1.165, 1.54) is 0 Å². The quantitative estimate of drug-likeness (QED) is 0.224. The third-order valence-electron chi connectivity index (χ3n) is 5.33. The Labute approximate surface area is 209 Å². The van der Waals surface area contributed by atoms with Gasteiger partial charge in [0.25, 0.3) is 0 Å². The summed E-state index contributed by atoms with van der Waals surface area (Å²) in [7, 11) is -3.62. The van der Waals surface area contributed by atoms with Crippen LogP contribution in [0.5, 0.6) is 0 Å². The Balaban J connectivity index is 1.49. The second-order valence-corrected chi connectivity index (χ2v) is 11.2. The molecule has 36 heavy (non-hydrogen) atoms. The number of nitrogen functional groups attached to an aromatic ring is 1. The summed E-state index contributed by atoms with van der Waals surface area (Å²) in [4.78, 5) is 12.9. The summed E-state index contributed by atoms with van der Waals surface area (Å²) in [5.74, 6) is -0.318. The summed E-state index contributed by atoms with van der Waals surface area (Å²) in [6, 6.07) is 19.2. The van der Waals surface area contributed by atoms with E-state index in [-0.39, 0.29) is 23.2 Å². The molecule has 0 aliphatic rings. The molecule has 0 bridgehead atoms. The van der Waals surface area contributed by atoms with E-state index in [9.17, 15) is 13.2 Å². The minimum atomic E-state index is -3.62. The van der Waals surface area contributed by atoms with Gasteiger partial charge in [-0.15, -0.1) is 0 Å². The zero-order valence-corrected chi connectivity index (χ0v) is 21.1. The zero-order valence-electron chi connectivity index (χ0n) is 20.2. The Morgan fingerprint density at radius 3 is 2.42 bits per heavy atom. The van der Waals surface area contributed by atoms with Crippen molar-refractivity contribution in [2.45, 2.75) is 37.8 Å². The molecule has 10 heteroatoms. The second kappa shape index (κ2) is 9.56. The van der Waals surface area contributed by atoms with Crippen LogP contribution in [0.2, 0.25) is 0 Å². The molecule has 0 aliphatic heterocycles. The molecule has 186 valence electrons. The van der Waals surface area contributed by atoms with Gasteiger partial charge in [0.05, 0.1) is 16.6 Å². The molecule has 0 unspecified atom stereocenters. The van der Waals surface area contributed by atoms with Crippen molar-refractivity contribution in [3.63, 3.8) is 0 Å². The van der Waals surface area contributed by atoms with E-state index in [0.29, 0.717) is 16.8 Å². The number of fused-ring (bicyclic) bond motifs is 1. The van der Waals surface area contributed by atoms with Crippen molar-refractivity contribution in [3.05, 3.63) is 78.5 Å². The largest absolute Gasteiger partial charge is 0.384 e. The van der Waals surface area contributed by atoms with Crippen molar-refractivity contribution in [1.82, 2.24) is 14.5 Å². The molecule has 5 N–H and O–H groups in total. The summed E-state index contributed by atoms with van der Waals surface area (Å²) in [6.07, 6.45) is 1.66. The van der Waals surface area contributed by atoms with E-state index < -0.39 is 15.6 Å². The number of carbonyl (C=O) groups is 1. The minimum absolute atomic E-state index is 0.0115. The van der Waals surface area contributed by atoms with Gasteiger partial charge < -0.3 is 11.1 Å². The van der Waals surface area contributed by atoms with Crippen LogP contribution in [-0.4, -0.2) is 35.5 Å². The highest BCUT2D eigenvalue weighted by Gasteiger charge is 2.21. The Kier molecular flexibility index (Phi) is 6.66. The fraction of sp³-hybridized carbons (Fsp3) is 0.192. The summed E-state index contributed by atoms with van der Waals surface area (Å²) < 4.78 is 29.3. The average Bonchev–Trinajstić information content (AvgIpc) is 3.19. The van der Waals surface area contributed by atoms with E-state index in [1.807, 2.05) is 24.3 Å². The molecule has 0 atom stereocenters. The first-order valence-electron chi connectivity index (χ1n) is 11.3. The monoisotopic (exact) mass is 504 g/mol. The van der Waals surface area contributed by atoms with Crippen molar-refractivity contribution in [1.29, 1.82) is 5.41 Å². The molecular weight excluding hydrogens is 476 g/mol. The third-order valence-corrected chi connectivity index (χ3v) is 7.11. The molecule has 4 rings (SSSR count). The predicted octanol–water partition coefficient (Wildman–Crippen LogP) is 3.70. The van der Waals surface area contributed by atoms with Crippen LogP contribution in [0.4, 0.5) is 5.69 Å². The van der Waals surface area contributed by atoms with Gasteiger partial charge in [-0.3, -0.25) is 14.9 Å². The van der Waals surface area contributed by atoms with Crippen molar-refractivity contribution >= 4 is 38.4 Å². The van der Waals surface area contributed by atoms with Gasteiger partial charge in [-0.05, 0) is 62.2 Å². The van der Waals surface area contributed by atoms with Crippen molar-refractivity contribution < 1.29 is 13.2 Å². The van der Waals surface area contributed by atoms with E-state index in [2.05, 4.69) is 15.1 Å². The molecule has 1 heterocycles. The summed E-state index contributed by atoms with van der Waals surface area (Å²) >= 11 is 0. The molecule has 0 spiro atoms. The number of hydrogen-bond acceptors (Lipinski definition) is 5. The Morgan fingerprint density at radius 2 is 1.75 bits per heavy atom. The molecule has 0 saturated heterocycles. The van der Waals surface area contributed by atoms with E-state index in [0.717, 1.165) is 16.5 Å². The van der Waals surface area contributed by atoms with Crippen LogP contribution in [-0.2, 0) is 21.4 Å². The maximum atomic E-state index is 12.7. The van der Waals surface area contributed by atoms with Crippen molar-refractivity contribution in [2.75, 3.05) is 5.32 Å². The number of nitrogens with one attached hydrogen (secondary N) is 3. The van der Waals surface area contributed by atoms with Crippen LogP contribution in [0, 0.1) is 5.41 Å². The normalized spacial score (nSPS) is 12.0. The predicted molar refractivity (Wildman–Crippen MR) is 141 cm³/mol. The summed E-state index contributed by atoms with van der Waals surface area (Å²) in [5.41, 5.74) is 8.52. The van der Waals surface area contributed by atoms with Gasteiger partial charge in [-0.25, -0.2) is 13.1 Å². The van der Waals surface area contributed by atoms with E-state index >= 15 is 0 Å². The second-order valence-electron chi connectivity index (χ2n) is 9.50. The number of rotatable bonds is 7. The van der Waals surface area contributed by atoms with Crippen LogP contribution in [0.25, 0.3) is 22.0 Å². The fourth-order valence-electron chi connectivity index (χ4n) is 3.77. The summed E-state index contributed by atoms with van der Waals surface area (Å²) in [6.45, 7) is 5.35. The lowest BCUT2D eigenvalue weighted by molar-refractivity contribution is -0.116. The van der Waals surface area contributed by atoms with Gasteiger partial charge in [0, 0.05) is 22.2 Å². The molecule has 3 aromatic carbocycles. The average molecular weight is 505 g/mol. The van der Waals surface area contributed by atoms with Gasteiger partial charge in [-0.1, -0.05) is 36.4 Å². The minimum Gasteiger partial charge on any atom is -0.384 e. The first kappa shape index (κ1) is 25.1. The number of hydrogen-bond donors (Lipinski definition) is 4. The molecule has 9 nitrogen and oxygen atoms in total. The molecule has 1 aromatic heterocycles. The number of aromatic nitrogens is 2. The van der Waals surface area contributed by atoms with Crippen LogP contribution in [0.1, 0.15) is 26.3 Å². The van der Waals surface area contributed by atoms with Crippen LogP contribution in [0.15, 0.2) is 77.8 Å². The summed E-state index contributed by atoms with van der Waals surface area (Å²) in [5, 5.41) is 15.6. The van der Waals surface area contributed by atoms with Crippen molar-refractivity contribution in [2.24, 2.45) is 5.73 Å². The van der Waals surface area contributed by atoms with E-state index in [1.54, 1.807) is 74.1 Å². The number of sulfonamides is 1. The number of amidine groups is 1. The highest BCUT2D eigenvalue weighted by Crippen LogP contribution is 2.25. The number of anilines is 1. The maximum absolute atomic E-state index is 12.7. The van der Waals surface area contributed by atoms with Gasteiger partial charge in [0.2, 0.25) is 15.9 Å². The van der Waals surface area contributed by atoms with Crippen molar-refractivity contribution in [3.8, 4) is 11.1 Å². The number of benzene rings is 3. The van der Waals surface area contributed by atoms with Gasteiger partial charge in [-0.2, -0.15) is 5.10 Å². The first-order chi connectivity index (χ1) is 16.9. The maximum Gasteiger partial charge on any atom is 0.246 e. The lowest BCUT2D eigenvalue weighted by Crippen LogP contribution is -2.40. The topological polar surface area (TPSA) is 143 Å². The molecule has 0 radical (unpaired) electrons. The molecule has 1 amide bonds. The zero-order chi connectivity index (χ0) is 26.1. The lowest BCUT2D eigenvalue weighted by atomic mass is 10.1. The first-order valence-corrected chi connectivity index (χ1v) is 12.7.